The third kappa shape index (κ3) is 2.09. The van der Waals surface area contributed by atoms with E-state index in [1.807, 2.05) is 0 Å². The summed E-state index contributed by atoms with van der Waals surface area (Å²) in [6.45, 7) is 6.16. The highest BCUT2D eigenvalue weighted by Crippen LogP contribution is 2.38. The second kappa shape index (κ2) is 3.78. The number of likely N-dealkylation sites (tertiary alicyclic amines) is 1. The fraction of sp³-hybridized carbons (Fsp3) is 0.833. The molecule has 1 N–H and O–H groups in total. The van der Waals surface area contributed by atoms with E-state index in [0.717, 1.165) is 5.82 Å². The number of β-amino-alcohol motifs (C(OH)–C–C–N with tert-alkyl or cyclic N) is 1. The van der Waals surface area contributed by atoms with Crippen LogP contribution in [-0.2, 0) is 6.54 Å². The van der Waals surface area contributed by atoms with Gasteiger partial charge in [0.1, 0.15) is 0 Å². The number of aromatic nitrogens is 2. The summed E-state index contributed by atoms with van der Waals surface area (Å²) in [6, 6.07) is 0. The van der Waals surface area contributed by atoms with Crippen molar-refractivity contribution in [2.24, 2.45) is 5.92 Å². The Hall–Kier alpha value is -0.940. The average Bonchev–Trinajstić information content (AvgIpc) is 2.97. The largest absolute Gasteiger partial charge is 0.387 e. The molecule has 1 aromatic heterocycles. The van der Waals surface area contributed by atoms with E-state index in [2.05, 4.69) is 28.9 Å². The van der Waals surface area contributed by atoms with Gasteiger partial charge in [-0.3, -0.25) is 4.90 Å². The lowest BCUT2D eigenvalue weighted by Crippen LogP contribution is -2.63. The van der Waals surface area contributed by atoms with Crippen molar-refractivity contribution in [2.75, 3.05) is 13.1 Å². The molecule has 0 amide bonds. The lowest BCUT2D eigenvalue weighted by Gasteiger charge is -2.48. The van der Waals surface area contributed by atoms with Crippen molar-refractivity contribution in [1.82, 2.24) is 15.0 Å². The van der Waals surface area contributed by atoms with Crippen LogP contribution in [-0.4, -0.2) is 38.8 Å². The van der Waals surface area contributed by atoms with Crippen molar-refractivity contribution in [1.29, 1.82) is 0 Å². The van der Waals surface area contributed by atoms with Crippen LogP contribution in [0.15, 0.2) is 4.52 Å². The van der Waals surface area contributed by atoms with E-state index in [0.29, 0.717) is 37.4 Å². The van der Waals surface area contributed by atoms with Crippen LogP contribution in [0.1, 0.15) is 44.3 Å². The Morgan fingerprint density at radius 2 is 2.18 bits per heavy atom. The topological polar surface area (TPSA) is 62.4 Å². The molecule has 0 aromatic carbocycles. The summed E-state index contributed by atoms with van der Waals surface area (Å²) in [5.41, 5.74) is -0.528. The minimum absolute atomic E-state index is 0.295. The maximum Gasteiger partial charge on any atom is 0.240 e. The van der Waals surface area contributed by atoms with Crippen LogP contribution in [0.4, 0.5) is 0 Å². The molecule has 0 spiro atoms. The van der Waals surface area contributed by atoms with E-state index in [1.54, 1.807) is 0 Å². The second-order valence-corrected chi connectivity index (χ2v) is 5.72. The predicted octanol–water partition coefficient (Wildman–Crippen LogP) is 1.15. The zero-order valence-corrected chi connectivity index (χ0v) is 10.4. The number of nitrogens with zero attached hydrogens (tertiary/aromatic N) is 3. The van der Waals surface area contributed by atoms with E-state index in [9.17, 15) is 5.11 Å². The summed E-state index contributed by atoms with van der Waals surface area (Å²) in [4.78, 5) is 6.53. The maximum atomic E-state index is 10.1. The first-order chi connectivity index (χ1) is 8.07. The summed E-state index contributed by atoms with van der Waals surface area (Å²) in [5, 5.41) is 14.1. The maximum absolute atomic E-state index is 10.1. The monoisotopic (exact) mass is 237 g/mol. The van der Waals surface area contributed by atoms with Gasteiger partial charge in [0.2, 0.25) is 5.89 Å². The van der Waals surface area contributed by atoms with Gasteiger partial charge >= 0.3 is 0 Å². The molecule has 0 radical (unpaired) electrons. The number of hydrogen-bond donors (Lipinski definition) is 1. The summed E-state index contributed by atoms with van der Waals surface area (Å²) >= 11 is 0. The normalized spacial score (nSPS) is 24.0. The van der Waals surface area contributed by atoms with Crippen molar-refractivity contribution in [3.05, 3.63) is 11.7 Å². The molecule has 2 aliphatic rings. The van der Waals surface area contributed by atoms with Gasteiger partial charge in [-0.1, -0.05) is 19.0 Å². The lowest BCUT2D eigenvalue weighted by molar-refractivity contribution is -0.133. The van der Waals surface area contributed by atoms with Gasteiger partial charge in [0.05, 0.1) is 12.1 Å². The number of rotatable bonds is 4. The summed E-state index contributed by atoms with van der Waals surface area (Å²) in [5.74, 6) is 2.37. The first-order valence-corrected chi connectivity index (χ1v) is 6.34. The first-order valence-electron chi connectivity index (χ1n) is 6.34. The molecule has 0 bridgehead atoms. The minimum Gasteiger partial charge on any atom is -0.387 e. The van der Waals surface area contributed by atoms with E-state index < -0.39 is 5.60 Å². The van der Waals surface area contributed by atoms with Crippen LogP contribution < -0.4 is 0 Å². The molecule has 0 atom stereocenters. The first kappa shape index (κ1) is 11.2. The van der Waals surface area contributed by atoms with Gasteiger partial charge in [-0.25, -0.2) is 0 Å². The van der Waals surface area contributed by atoms with Crippen LogP contribution in [0.2, 0.25) is 0 Å². The number of aliphatic hydroxyl groups is 1. The summed E-state index contributed by atoms with van der Waals surface area (Å²) in [7, 11) is 0. The fourth-order valence-corrected chi connectivity index (χ4v) is 2.24. The Kier molecular flexibility index (Phi) is 2.48. The Morgan fingerprint density at radius 3 is 2.76 bits per heavy atom. The third-order valence-electron chi connectivity index (χ3n) is 3.85. The van der Waals surface area contributed by atoms with Gasteiger partial charge in [-0.15, -0.1) is 0 Å². The molecule has 1 aliphatic heterocycles. The minimum atomic E-state index is -0.528. The van der Waals surface area contributed by atoms with Crippen LogP contribution in [0.25, 0.3) is 0 Å². The van der Waals surface area contributed by atoms with Crippen molar-refractivity contribution >= 4 is 0 Å². The molecular weight excluding hydrogens is 218 g/mol. The third-order valence-corrected chi connectivity index (χ3v) is 3.85. The molecule has 0 unspecified atom stereocenters. The molecule has 1 saturated carbocycles. The molecule has 2 fully saturated rings. The molecule has 1 aliphatic carbocycles. The standard InChI is InChI=1S/C12H19N3O2/c1-8(2)12(16)6-15(7-12)5-10-13-11(14-17-10)9-3-4-9/h8-9,16H,3-7H2,1-2H3. The van der Waals surface area contributed by atoms with Gasteiger partial charge in [0, 0.05) is 19.0 Å². The van der Waals surface area contributed by atoms with Crippen molar-refractivity contribution in [3.8, 4) is 0 Å². The van der Waals surface area contributed by atoms with E-state index in [4.69, 9.17) is 4.52 Å². The van der Waals surface area contributed by atoms with Crippen LogP contribution >= 0.6 is 0 Å². The van der Waals surface area contributed by atoms with Gasteiger partial charge in [0.25, 0.3) is 0 Å². The van der Waals surface area contributed by atoms with Crippen molar-refractivity contribution in [2.45, 2.75) is 44.8 Å². The quantitative estimate of drug-likeness (QED) is 0.851. The lowest BCUT2D eigenvalue weighted by atomic mass is 9.83. The van der Waals surface area contributed by atoms with Crippen molar-refractivity contribution in [3.63, 3.8) is 0 Å². The Morgan fingerprint density at radius 1 is 1.47 bits per heavy atom. The molecule has 17 heavy (non-hydrogen) atoms. The summed E-state index contributed by atoms with van der Waals surface area (Å²) in [6.07, 6.45) is 2.38. The van der Waals surface area contributed by atoms with Gasteiger partial charge < -0.3 is 9.63 Å². The average molecular weight is 237 g/mol. The van der Waals surface area contributed by atoms with E-state index >= 15 is 0 Å². The number of hydrogen-bond acceptors (Lipinski definition) is 5. The van der Waals surface area contributed by atoms with Crippen molar-refractivity contribution < 1.29 is 9.63 Å². The molecule has 5 heteroatoms. The van der Waals surface area contributed by atoms with Crippen LogP contribution in [0, 0.1) is 5.92 Å². The van der Waals surface area contributed by atoms with Gasteiger partial charge in [0.15, 0.2) is 5.82 Å². The van der Waals surface area contributed by atoms with E-state index in [-0.39, 0.29) is 0 Å². The molecule has 1 saturated heterocycles. The zero-order valence-electron chi connectivity index (χ0n) is 10.4. The predicted molar refractivity (Wildman–Crippen MR) is 61.3 cm³/mol. The SMILES string of the molecule is CC(C)C1(O)CN(Cc2nc(C3CC3)no2)C1. The van der Waals surface area contributed by atoms with E-state index in [1.165, 1.54) is 12.8 Å². The highest BCUT2D eigenvalue weighted by atomic mass is 16.5. The highest BCUT2D eigenvalue weighted by molar-refractivity contribution is 5.04. The molecule has 2 heterocycles. The highest BCUT2D eigenvalue weighted by Gasteiger charge is 2.44. The molecule has 1 aromatic rings. The Balaban J connectivity index is 1.54. The van der Waals surface area contributed by atoms with Crippen LogP contribution in [0.5, 0.6) is 0 Å². The Bertz CT molecular complexity index is 406. The fourth-order valence-electron chi connectivity index (χ4n) is 2.24. The second-order valence-electron chi connectivity index (χ2n) is 5.72. The summed E-state index contributed by atoms with van der Waals surface area (Å²) < 4.78 is 5.22. The van der Waals surface area contributed by atoms with Gasteiger partial charge in [-0.05, 0) is 18.8 Å². The molecule has 3 rings (SSSR count). The molecule has 94 valence electrons. The molecule has 5 nitrogen and oxygen atoms in total. The Labute approximate surface area is 101 Å². The van der Waals surface area contributed by atoms with Gasteiger partial charge in [-0.2, -0.15) is 4.98 Å². The zero-order chi connectivity index (χ0) is 12.0. The smallest absolute Gasteiger partial charge is 0.240 e. The van der Waals surface area contributed by atoms with Crippen LogP contribution in [0.3, 0.4) is 0 Å². The molecular formula is C12H19N3O2.